The minimum Gasteiger partial charge on any atom is -0.355 e. The number of alkyl halides is 3. The van der Waals surface area contributed by atoms with Gasteiger partial charge in [0.1, 0.15) is 0 Å². The maximum absolute atomic E-state index is 13.9. The van der Waals surface area contributed by atoms with Gasteiger partial charge in [-0.3, -0.25) is 14.9 Å². The van der Waals surface area contributed by atoms with Crippen LogP contribution in [0.15, 0.2) is 48.9 Å². The van der Waals surface area contributed by atoms with E-state index < -0.39 is 17.5 Å². The Balaban J connectivity index is 1.43. The van der Waals surface area contributed by atoms with Crippen molar-refractivity contribution >= 4 is 16.8 Å². The van der Waals surface area contributed by atoms with E-state index in [4.69, 9.17) is 0 Å². The van der Waals surface area contributed by atoms with Crippen LogP contribution in [0, 0.1) is 5.41 Å². The second-order valence-corrected chi connectivity index (χ2v) is 9.11. The van der Waals surface area contributed by atoms with Crippen LogP contribution in [-0.2, 0) is 11.2 Å². The maximum Gasteiger partial charge on any atom is 0.395 e. The lowest BCUT2D eigenvalue weighted by Crippen LogP contribution is -2.42. The predicted octanol–water partition coefficient (Wildman–Crippen LogP) is 4.06. The van der Waals surface area contributed by atoms with Crippen LogP contribution in [0.4, 0.5) is 13.2 Å². The van der Waals surface area contributed by atoms with E-state index in [1.54, 1.807) is 18.3 Å². The Morgan fingerprint density at radius 2 is 2.03 bits per heavy atom. The minimum absolute atomic E-state index is 0.0105. The molecule has 1 aliphatic rings. The average Bonchev–Trinajstić information content (AvgIpc) is 3.47. The number of nitrogens with zero attached hydrogens (tertiary/aromatic N) is 3. The summed E-state index contributed by atoms with van der Waals surface area (Å²) in [5, 5.41) is 10.9. The van der Waals surface area contributed by atoms with Crippen molar-refractivity contribution in [3.63, 3.8) is 0 Å². The molecule has 0 bridgehead atoms. The van der Waals surface area contributed by atoms with Crippen LogP contribution in [-0.4, -0.2) is 58.8 Å². The Bertz CT molecular complexity index is 1090. The molecule has 2 aromatic heterocycles. The molecule has 9 heteroatoms. The zero-order valence-corrected chi connectivity index (χ0v) is 18.7. The monoisotopic (exact) mass is 459 g/mol. The van der Waals surface area contributed by atoms with Gasteiger partial charge in [-0.05, 0) is 56.6 Å². The predicted molar refractivity (Wildman–Crippen MR) is 120 cm³/mol. The zero-order chi connectivity index (χ0) is 23.6. The highest BCUT2D eigenvalue weighted by molar-refractivity contribution is 5.78. The summed E-state index contributed by atoms with van der Waals surface area (Å²) in [6.07, 6.45) is 0.917. The van der Waals surface area contributed by atoms with Gasteiger partial charge >= 0.3 is 6.18 Å². The number of benzene rings is 1. The van der Waals surface area contributed by atoms with E-state index in [1.807, 2.05) is 37.2 Å². The summed E-state index contributed by atoms with van der Waals surface area (Å²) in [7, 11) is 3.85. The first-order valence-electron chi connectivity index (χ1n) is 11.0. The van der Waals surface area contributed by atoms with Gasteiger partial charge in [0.2, 0.25) is 5.91 Å². The van der Waals surface area contributed by atoms with E-state index in [1.165, 1.54) is 12.4 Å². The molecule has 1 saturated carbocycles. The fourth-order valence-electron chi connectivity index (χ4n) is 4.49. The third kappa shape index (κ3) is 5.03. The number of hydrogen-bond donors (Lipinski definition) is 2. The van der Waals surface area contributed by atoms with Gasteiger partial charge in [0.25, 0.3) is 0 Å². The number of aromatic nitrogens is 3. The number of amides is 1. The highest BCUT2D eigenvalue weighted by Gasteiger charge is 2.67. The highest BCUT2D eigenvalue weighted by atomic mass is 19.4. The van der Waals surface area contributed by atoms with Crippen LogP contribution in [0.5, 0.6) is 0 Å². The van der Waals surface area contributed by atoms with Gasteiger partial charge in [-0.2, -0.15) is 18.3 Å². The number of fused-ring (bicyclic) bond motifs is 1. The molecule has 0 aliphatic heterocycles. The molecule has 176 valence electrons. The Labute approximate surface area is 190 Å². The summed E-state index contributed by atoms with van der Waals surface area (Å²) >= 11 is 0. The van der Waals surface area contributed by atoms with E-state index in [9.17, 15) is 18.0 Å². The molecule has 0 saturated heterocycles. The highest BCUT2D eigenvalue weighted by Crippen LogP contribution is 2.66. The van der Waals surface area contributed by atoms with E-state index in [0.717, 1.165) is 16.5 Å². The molecule has 2 atom stereocenters. The number of rotatable bonds is 9. The molecule has 1 amide bonds. The molecule has 2 heterocycles. The largest absolute Gasteiger partial charge is 0.395 e. The summed E-state index contributed by atoms with van der Waals surface area (Å²) < 4.78 is 41.6. The number of hydrogen-bond acceptors (Lipinski definition) is 4. The van der Waals surface area contributed by atoms with E-state index in [0.29, 0.717) is 18.5 Å². The molecule has 3 aromatic rings. The molecule has 1 aromatic carbocycles. The number of carbonyl (C=O) groups is 1. The normalized spacial score (nSPS) is 17.2. The standard InChI is InChI=1S/C24H28F3N5O/c1-32(2)19(10-16-5-6-18-14-30-31-21(18)11-16)15-29-22(33)12-20(17-4-3-9-28-13-17)23(7-8-23)24(25,26)27/h3-6,9,11,13-14,19-20H,7-8,10,12,15H2,1-2H3,(H,29,33)(H,30,31). The zero-order valence-electron chi connectivity index (χ0n) is 18.7. The topological polar surface area (TPSA) is 73.9 Å². The lowest BCUT2D eigenvalue weighted by Gasteiger charge is -2.30. The average molecular weight is 460 g/mol. The van der Waals surface area contributed by atoms with Crippen LogP contribution < -0.4 is 5.32 Å². The molecule has 4 rings (SSSR count). The SMILES string of the molecule is CN(C)C(CNC(=O)CC(c1cccnc1)C1(C(F)(F)F)CC1)Cc1ccc2cn[nH]c2c1. The van der Waals surface area contributed by atoms with Crippen molar-refractivity contribution in [1.82, 2.24) is 25.4 Å². The number of nitrogens with one attached hydrogen (secondary N) is 2. The van der Waals surface area contributed by atoms with Gasteiger partial charge < -0.3 is 10.2 Å². The Morgan fingerprint density at radius 1 is 1.24 bits per heavy atom. The molecule has 0 radical (unpaired) electrons. The Kier molecular flexibility index (Phi) is 6.43. The fourth-order valence-corrected chi connectivity index (χ4v) is 4.49. The third-order valence-corrected chi connectivity index (χ3v) is 6.74. The number of halogens is 3. The molecular formula is C24H28F3N5O. The van der Waals surface area contributed by atoms with Crippen molar-refractivity contribution in [2.45, 2.75) is 43.8 Å². The molecule has 0 spiro atoms. The smallest absolute Gasteiger partial charge is 0.355 e. The van der Waals surface area contributed by atoms with Crippen molar-refractivity contribution in [3.05, 3.63) is 60.0 Å². The minimum atomic E-state index is -4.36. The number of likely N-dealkylation sites (N-methyl/N-ethyl adjacent to an activating group) is 1. The van der Waals surface area contributed by atoms with Crippen LogP contribution in [0.3, 0.4) is 0 Å². The van der Waals surface area contributed by atoms with Crippen LogP contribution >= 0.6 is 0 Å². The molecule has 1 aliphatic carbocycles. The summed E-state index contributed by atoms with van der Waals surface area (Å²) in [5.41, 5.74) is 0.644. The van der Waals surface area contributed by atoms with Crippen molar-refractivity contribution in [2.24, 2.45) is 5.41 Å². The van der Waals surface area contributed by atoms with Crippen LogP contribution in [0.25, 0.3) is 10.9 Å². The van der Waals surface area contributed by atoms with Crippen molar-refractivity contribution in [2.75, 3.05) is 20.6 Å². The van der Waals surface area contributed by atoms with Crippen molar-refractivity contribution in [3.8, 4) is 0 Å². The molecule has 6 nitrogen and oxygen atoms in total. The van der Waals surface area contributed by atoms with Crippen molar-refractivity contribution in [1.29, 1.82) is 0 Å². The Morgan fingerprint density at radius 3 is 2.67 bits per heavy atom. The summed E-state index contributed by atoms with van der Waals surface area (Å²) in [5.74, 6) is -1.32. The van der Waals surface area contributed by atoms with Crippen molar-refractivity contribution < 1.29 is 18.0 Å². The van der Waals surface area contributed by atoms with Gasteiger partial charge in [-0.1, -0.05) is 18.2 Å². The van der Waals surface area contributed by atoms with Gasteiger partial charge in [-0.25, -0.2) is 0 Å². The van der Waals surface area contributed by atoms with E-state index >= 15 is 0 Å². The first-order chi connectivity index (χ1) is 15.7. The molecule has 2 N–H and O–H groups in total. The summed E-state index contributed by atoms with van der Waals surface area (Å²) in [6, 6.07) is 9.28. The first kappa shape index (κ1) is 23.2. The quantitative estimate of drug-likeness (QED) is 0.506. The van der Waals surface area contributed by atoms with Gasteiger partial charge in [-0.15, -0.1) is 0 Å². The van der Waals surface area contributed by atoms with Gasteiger partial charge in [0, 0.05) is 42.7 Å². The molecule has 33 heavy (non-hydrogen) atoms. The number of carbonyl (C=O) groups excluding carboxylic acids is 1. The maximum atomic E-state index is 13.9. The summed E-state index contributed by atoms with van der Waals surface area (Å²) in [4.78, 5) is 18.8. The fraction of sp³-hybridized carbons (Fsp3) is 0.458. The molecular weight excluding hydrogens is 431 g/mol. The van der Waals surface area contributed by atoms with Gasteiger partial charge in [0.05, 0.1) is 17.1 Å². The number of aromatic amines is 1. The molecule has 2 unspecified atom stereocenters. The first-order valence-corrected chi connectivity index (χ1v) is 11.0. The van der Waals surface area contributed by atoms with Crippen LogP contribution in [0.2, 0.25) is 0 Å². The second-order valence-electron chi connectivity index (χ2n) is 9.11. The number of pyridine rings is 1. The number of H-pyrrole nitrogens is 1. The lowest BCUT2D eigenvalue weighted by atomic mass is 9.80. The Hall–Kier alpha value is -2.94. The van der Waals surface area contributed by atoms with E-state index in [2.05, 4.69) is 20.5 Å². The van der Waals surface area contributed by atoms with Crippen LogP contribution in [0.1, 0.15) is 36.3 Å². The molecule has 1 fully saturated rings. The van der Waals surface area contributed by atoms with E-state index in [-0.39, 0.29) is 31.2 Å². The third-order valence-electron chi connectivity index (χ3n) is 6.74. The lowest BCUT2D eigenvalue weighted by molar-refractivity contribution is -0.194. The second kappa shape index (κ2) is 9.13. The summed E-state index contributed by atoms with van der Waals surface area (Å²) in [6.45, 7) is 0.339. The van der Waals surface area contributed by atoms with Gasteiger partial charge in [0.15, 0.2) is 0 Å².